The first-order valence-electron chi connectivity index (χ1n) is 6.21. The van der Waals surface area contributed by atoms with E-state index in [4.69, 9.17) is 46.4 Å². The molecule has 0 N–H and O–H groups in total. The molecule has 3 aromatic rings. The van der Waals surface area contributed by atoms with Gasteiger partial charge in [0, 0.05) is 4.90 Å². The predicted molar refractivity (Wildman–Crippen MR) is 94.4 cm³/mol. The van der Waals surface area contributed by atoms with Gasteiger partial charge in [0.25, 0.3) is 0 Å². The summed E-state index contributed by atoms with van der Waals surface area (Å²) in [6.07, 6.45) is 0. The van der Waals surface area contributed by atoms with Crippen LogP contribution in [0.25, 0.3) is 11.0 Å². The number of rotatable bonds is 2. The van der Waals surface area contributed by atoms with E-state index >= 15 is 0 Å². The quantitative estimate of drug-likeness (QED) is 0.483. The van der Waals surface area contributed by atoms with Crippen molar-refractivity contribution in [3.63, 3.8) is 0 Å². The van der Waals surface area contributed by atoms with Crippen LogP contribution in [0.1, 0.15) is 5.69 Å². The van der Waals surface area contributed by atoms with Crippen molar-refractivity contribution in [2.75, 3.05) is 0 Å². The zero-order chi connectivity index (χ0) is 15.7. The third-order valence-corrected chi connectivity index (χ3v) is 4.88. The fourth-order valence-electron chi connectivity index (χ4n) is 1.87. The van der Waals surface area contributed by atoms with E-state index in [0.29, 0.717) is 21.3 Å². The van der Waals surface area contributed by atoms with Crippen LogP contribution in [0.15, 0.2) is 58.5 Å². The second-order valence-corrected chi connectivity index (χ2v) is 8.12. The Balaban J connectivity index is 2.16. The molecule has 7 heteroatoms. The van der Waals surface area contributed by atoms with Crippen LogP contribution >= 0.6 is 58.2 Å². The fraction of sp³-hybridized carbons (Fsp3) is 0.0667. The van der Waals surface area contributed by atoms with Crippen LogP contribution in [0, 0.1) is 0 Å². The topological polar surface area (TPSA) is 25.8 Å². The van der Waals surface area contributed by atoms with Gasteiger partial charge in [-0.15, -0.1) is 0 Å². The Morgan fingerprint density at radius 3 is 2.05 bits per heavy atom. The third-order valence-electron chi connectivity index (χ3n) is 2.85. The molecule has 0 spiro atoms. The number of halogens is 4. The summed E-state index contributed by atoms with van der Waals surface area (Å²) in [5.74, 6) is 0. The molecule has 3 rings (SSSR count). The maximum atomic E-state index is 6.19. The highest BCUT2D eigenvalue weighted by atomic mass is 35.6. The predicted octanol–water partition coefficient (Wildman–Crippen LogP) is 6.26. The van der Waals surface area contributed by atoms with Crippen LogP contribution in [0.4, 0.5) is 0 Å². The zero-order valence-corrected chi connectivity index (χ0v) is 14.8. The summed E-state index contributed by atoms with van der Waals surface area (Å²) in [5.41, 5.74) is 1.70. The number of nitrogens with zero attached hydrogens (tertiary/aromatic N) is 2. The number of hydrogen-bond donors (Lipinski definition) is 0. The van der Waals surface area contributed by atoms with E-state index in [9.17, 15) is 0 Å². The summed E-state index contributed by atoms with van der Waals surface area (Å²) < 4.78 is -1.67. The largest absolute Gasteiger partial charge is 0.244 e. The molecule has 0 aliphatic heterocycles. The highest BCUT2D eigenvalue weighted by molar-refractivity contribution is 7.99. The normalized spacial score (nSPS) is 11.8. The van der Waals surface area contributed by atoms with Crippen LogP contribution in [-0.4, -0.2) is 9.97 Å². The van der Waals surface area contributed by atoms with Gasteiger partial charge in [-0.2, -0.15) is 0 Å². The van der Waals surface area contributed by atoms with Crippen LogP contribution in [0.2, 0.25) is 5.02 Å². The Labute approximate surface area is 151 Å². The Hall–Kier alpha value is -0.710. The minimum Gasteiger partial charge on any atom is -0.244 e. The van der Waals surface area contributed by atoms with E-state index in [-0.39, 0.29) is 0 Å². The van der Waals surface area contributed by atoms with Crippen molar-refractivity contribution in [3.05, 3.63) is 59.2 Å². The number of para-hydroxylation sites is 2. The lowest BCUT2D eigenvalue weighted by molar-refractivity contribution is 0.970. The first kappa shape index (κ1) is 16.2. The van der Waals surface area contributed by atoms with Gasteiger partial charge < -0.3 is 0 Å². The van der Waals surface area contributed by atoms with E-state index in [1.807, 2.05) is 42.5 Å². The minimum atomic E-state index is -1.67. The molecule has 0 saturated carbocycles. The number of aromatic nitrogens is 2. The Bertz CT molecular complexity index is 833. The van der Waals surface area contributed by atoms with Crippen LogP contribution in [0.3, 0.4) is 0 Å². The van der Waals surface area contributed by atoms with E-state index in [1.54, 1.807) is 6.07 Å². The van der Waals surface area contributed by atoms with E-state index in [2.05, 4.69) is 9.97 Å². The molecule has 2 aromatic carbocycles. The monoisotopic (exact) mass is 388 g/mol. The van der Waals surface area contributed by atoms with Gasteiger partial charge in [-0.05, 0) is 24.3 Å². The van der Waals surface area contributed by atoms with Crippen molar-refractivity contribution in [3.8, 4) is 0 Å². The van der Waals surface area contributed by atoms with Crippen molar-refractivity contribution in [1.82, 2.24) is 9.97 Å². The lowest BCUT2D eigenvalue weighted by Gasteiger charge is -2.15. The maximum absolute atomic E-state index is 6.19. The zero-order valence-electron chi connectivity index (χ0n) is 10.9. The van der Waals surface area contributed by atoms with Gasteiger partial charge in [0.15, 0.2) is 0 Å². The van der Waals surface area contributed by atoms with Gasteiger partial charge in [-0.1, -0.05) is 82.4 Å². The van der Waals surface area contributed by atoms with E-state index < -0.39 is 3.79 Å². The first-order valence-corrected chi connectivity index (χ1v) is 8.54. The average Bonchev–Trinajstić information content (AvgIpc) is 2.48. The van der Waals surface area contributed by atoms with E-state index in [0.717, 1.165) is 10.4 Å². The summed E-state index contributed by atoms with van der Waals surface area (Å²) in [6, 6.07) is 14.9. The van der Waals surface area contributed by atoms with Gasteiger partial charge in [0.05, 0.1) is 16.1 Å². The lowest BCUT2D eigenvalue weighted by atomic mass is 10.3. The molecule has 1 aromatic heterocycles. The molecule has 0 unspecified atom stereocenters. The summed E-state index contributed by atoms with van der Waals surface area (Å²) in [4.78, 5) is 9.84. The highest BCUT2D eigenvalue weighted by Gasteiger charge is 2.30. The summed E-state index contributed by atoms with van der Waals surface area (Å²) in [6.45, 7) is 0. The molecule has 1 heterocycles. The SMILES string of the molecule is Clc1ccccc1Sc1nc2ccccc2nc1C(Cl)(Cl)Cl. The van der Waals surface area contributed by atoms with Crippen molar-refractivity contribution in [2.24, 2.45) is 0 Å². The fourth-order valence-corrected chi connectivity index (χ4v) is 3.65. The molecule has 0 amide bonds. The number of fused-ring (bicyclic) bond motifs is 1. The van der Waals surface area contributed by atoms with E-state index in [1.165, 1.54) is 11.8 Å². The second kappa shape index (κ2) is 6.42. The minimum absolute atomic E-state index is 0.293. The standard InChI is InChI=1S/C15H8Cl4N2S/c16-9-5-1-4-8-12(9)22-14-13(15(17,18)19)20-10-6-2-3-7-11(10)21-14/h1-8H. The molecule has 0 fully saturated rings. The number of alkyl halides is 3. The van der Waals surface area contributed by atoms with Gasteiger partial charge in [-0.25, -0.2) is 9.97 Å². The van der Waals surface area contributed by atoms with Gasteiger partial charge >= 0.3 is 0 Å². The third kappa shape index (κ3) is 3.44. The van der Waals surface area contributed by atoms with Crippen molar-refractivity contribution in [2.45, 2.75) is 13.7 Å². The molecule has 112 valence electrons. The summed E-state index contributed by atoms with van der Waals surface area (Å²) >= 11 is 25.7. The molecule has 2 nitrogen and oxygen atoms in total. The molecule has 0 aliphatic carbocycles. The van der Waals surface area contributed by atoms with Crippen molar-refractivity contribution >= 4 is 69.2 Å². The molecule has 0 radical (unpaired) electrons. The van der Waals surface area contributed by atoms with Crippen molar-refractivity contribution < 1.29 is 0 Å². The molecular weight excluding hydrogens is 382 g/mol. The molecule has 0 atom stereocenters. The Morgan fingerprint density at radius 2 is 1.41 bits per heavy atom. The molecule has 0 saturated heterocycles. The van der Waals surface area contributed by atoms with Crippen LogP contribution < -0.4 is 0 Å². The number of benzene rings is 2. The van der Waals surface area contributed by atoms with Crippen LogP contribution in [0.5, 0.6) is 0 Å². The summed E-state index contributed by atoms with van der Waals surface area (Å²) in [5, 5.41) is 1.13. The van der Waals surface area contributed by atoms with Crippen LogP contribution in [-0.2, 0) is 3.79 Å². The highest BCUT2D eigenvalue weighted by Crippen LogP contribution is 2.44. The maximum Gasteiger partial charge on any atom is 0.235 e. The summed E-state index contributed by atoms with van der Waals surface area (Å²) in [7, 11) is 0. The first-order chi connectivity index (χ1) is 10.4. The Morgan fingerprint density at radius 1 is 0.818 bits per heavy atom. The molecule has 0 bridgehead atoms. The smallest absolute Gasteiger partial charge is 0.235 e. The van der Waals surface area contributed by atoms with Gasteiger partial charge in [0.1, 0.15) is 10.7 Å². The molecule has 22 heavy (non-hydrogen) atoms. The average molecular weight is 390 g/mol. The number of hydrogen-bond acceptors (Lipinski definition) is 3. The molecule has 0 aliphatic rings. The van der Waals surface area contributed by atoms with Gasteiger partial charge in [0.2, 0.25) is 3.79 Å². The van der Waals surface area contributed by atoms with Gasteiger partial charge in [-0.3, -0.25) is 0 Å². The molecular formula is C15H8Cl4N2S. The Kier molecular flexibility index (Phi) is 4.72. The van der Waals surface area contributed by atoms with Crippen molar-refractivity contribution in [1.29, 1.82) is 0 Å². The lowest BCUT2D eigenvalue weighted by Crippen LogP contribution is -2.08. The second-order valence-electron chi connectivity index (χ2n) is 4.40.